The zero-order valence-corrected chi connectivity index (χ0v) is 19.1. The first-order chi connectivity index (χ1) is 14.5. The molecule has 0 aromatic heterocycles. The molecule has 3 heterocycles. The molecule has 3 saturated heterocycles. The number of esters is 2. The van der Waals surface area contributed by atoms with Gasteiger partial charge in [-0.25, -0.2) is 0 Å². The first kappa shape index (κ1) is 22.5. The molecule has 0 amide bonds. The van der Waals surface area contributed by atoms with Gasteiger partial charge in [0.15, 0.2) is 5.78 Å². The molecule has 4 rings (SSSR count). The van der Waals surface area contributed by atoms with E-state index in [1.807, 2.05) is 6.92 Å². The lowest BCUT2D eigenvalue weighted by molar-refractivity contribution is -0.201. The monoisotopic (exact) mass is 434 g/mol. The van der Waals surface area contributed by atoms with E-state index >= 15 is 0 Å². The summed E-state index contributed by atoms with van der Waals surface area (Å²) in [6.45, 7) is 13.5. The molecule has 1 aliphatic carbocycles. The molecule has 10 unspecified atom stereocenters. The van der Waals surface area contributed by atoms with Crippen LogP contribution in [0.4, 0.5) is 0 Å². The van der Waals surface area contributed by atoms with Crippen LogP contribution in [0.3, 0.4) is 0 Å². The summed E-state index contributed by atoms with van der Waals surface area (Å²) in [4.78, 5) is 36.9. The van der Waals surface area contributed by atoms with Crippen molar-refractivity contribution in [3.05, 3.63) is 12.2 Å². The van der Waals surface area contributed by atoms with Crippen LogP contribution in [0.15, 0.2) is 12.2 Å². The summed E-state index contributed by atoms with van der Waals surface area (Å²) in [5.74, 6) is -0.143. The van der Waals surface area contributed by atoms with Gasteiger partial charge in [-0.15, -0.1) is 0 Å². The van der Waals surface area contributed by atoms with Gasteiger partial charge in [-0.3, -0.25) is 14.4 Å². The highest BCUT2D eigenvalue weighted by atomic mass is 16.6. The summed E-state index contributed by atoms with van der Waals surface area (Å²) in [6.07, 6.45) is -0.416. The quantitative estimate of drug-likeness (QED) is 0.488. The normalized spacial score (nSPS) is 46.9. The van der Waals surface area contributed by atoms with Crippen LogP contribution in [0.1, 0.15) is 53.9 Å². The van der Waals surface area contributed by atoms with Gasteiger partial charge >= 0.3 is 11.9 Å². The minimum Gasteiger partial charge on any atom is -0.462 e. The van der Waals surface area contributed by atoms with Crippen LogP contribution < -0.4 is 0 Å². The third kappa shape index (κ3) is 3.74. The van der Waals surface area contributed by atoms with Crippen LogP contribution in [0.25, 0.3) is 0 Å². The van der Waals surface area contributed by atoms with Crippen molar-refractivity contribution in [2.75, 3.05) is 6.61 Å². The smallest absolute Gasteiger partial charge is 0.303 e. The summed E-state index contributed by atoms with van der Waals surface area (Å²) in [5.41, 5.74) is -0.525. The Morgan fingerprint density at radius 1 is 1.06 bits per heavy atom. The van der Waals surface area contributed by atoms with Gasteiger partial charge in [0.1, 0.15) is 17.8 Å². The molecule has 0 N–H and O–H groups in total. The fourth-order valence-corrected chi connectivity index (χ4v) is 6.58. The van der Waals surface area contributed by atoms with Gasteiger partial charge in [-0.05, 0) is 36.7 Å². The van der Waals surface area contributed by atoms with E-state index in [-0.39, 0.29) is 60.2 Å². The van der Waals surface area contributed by atoms with Gasteiger partial charge < -0.3 is 18.9 Å². The van der Waals surface area contributed by atoms with Crippen molar-refractivity contribution in [1.82, 2.24) is 0 Å². The number of ketones is 1. The molecule has 4 aliphatic rings. The number of hydrogen-bond acceptors (Lipinski definition) is 7. The summed E-state index contributed by atoms with van der Waals surface area (Å²) in [7, 11) is 0. The van der Waals surface area contributed by atoms with Gasteiger partial charge in [0.25, 0.3) is 0 Å². The van der Waals surface area contributed by atoms with Gasteiger partial charge in [-0.1, -0.05) is 20.4 Å². The highest BCUT2D eigenvalue weighted by Gasteiger charge is 2.65. The number of ether oxygens (including phenoxy) is 4. The molecule has 0 aromatic rings. The number of fused-ring (bicyclic) bond motifs is 2. The fourth-order valence-electron chi connectivity index (χ4n) is 6.58. The summed E-state index contributed by atoms with van der Waals surface area (Å²) >= 11 is 0. The maximum atomic E-state index is 13.0. The van der Waals surface area contributed by atoms with E-state index in [4.69, 9.17) is 18.9 Å². The maximum Gasteiger partial charge on any atom is 0.303 e. The van der Waals surface area contributed by atoms with Crippen molar-refractivity contribution in [1.29, 1.82) is 0 Å². The summed E-state index contributed by atoms with van der Waals surface area (Å²) < 4.78 is 24.6. The maximum absolute atomic E-state index is 13.0. The molecule has 0 aromatic carbocycles. The van der Waals surface area contributed by atoms with Gasteiger partial charge in [0.2, 0.25) is 0 Å². The lowest BCUT2D eigenvalue weighted by Gasteiger charge is -2.47. The third-order valence-corrected chi connectivity index (χ3v) is 8.04. The largest absolute Gasteiger partial charge is 0.462 e. The van der Waals surface area contributed by atoms with Crippen molar-refractivity contribution in [2.24, 2.45) is 29.6 Å². The van der Waals surface area contributed by atoms with Crippen molar-refractivity contribution in [2.45, 2.75) is 83.9 Å². The zero-order valence-electron chi connectivity index (χ0n) is 19.1. The molecule has 31 heavy (non-hydrogen) atoms. The van der Waals surface area contributed by atoms with Crippen molar-refractivity contribution < 1.29 is 33.3 Å². The summed E-state index contributed by atoms with van der Waals surface area (Å²) in [6, 6.07) is 0. The van der Waals surface area contributed by atoms with Crippen LogP contribution in [0, 0.1) is 29.6 Å². The second kappa shape index (κ2) is 8.00. The lowest BCUT2D eigenvalue weighted by Crippen LogP contribution is -2.57. The van der Waals surface area contributed by atoms with E-state index in [1.54, 1.807) is 0 Å². The Hall–Kier alpha value is -1.73. The standard InChI is InChI=1S/C24H34O7/c1-11-8-18-21-20-16(7-12(2)22(21)30-15(5)26)13(3)10-28-24(6,23(20)31-18)19(9-17(11)27)29-14(4)25/h12-13,16,18-23H,1,7-10H2,2-6H3. The third-order valence-electron chi connectivity index (χ3n) is 8.04. The highest BCUT2D eigenvalue weighted by molar-refractivity contribution is 5.95. The Morgan fingerprint density at radius 2 is 1.74 bits per heavy atom. The molecule has 7 heteroatoms. The highest BCUT2D eigenvalue weighted by Crippen LogP contribution is 2.57. The van der Waals surface area contributed by atoms with Crippen molar-refractivity contribution in [3.63, 3.8) is 0 Å². The Labute approximate surface area is 183 Å². The fraction of sp³-hybridized carbons (Fsp3) is 0.792. The van der Waals surface area contributed by atoms with E-state index in [1.165, 1.54) is 13.8 Å². The molecule has 4 fully saturated rings. The number of hydrogen-bond donors (Lipinski definition) is 0. The molecule has 0 radical (unpaired) electrons. The minimum atomic E-state index is -0.978. The molecular formula is C24H34O7. The van der Waals surface area contributed by atoms with Crippen molar-refractivity contribution >= 4 is 17.7 Å². The molecule has 1 saturated carbocycles. The van der Waals surface area contributed by atoms with Crippen LogP contribution in [0.5, 0.6) is 0 Å². The molecule has 7 nitrogen and oxygen atoms in total. The van der Waals surface area contributed by atoms with Crippen LogP contribution in [-0.4, -0.2) is 54.3 Å². The van der Waals surface area contributed by atoms with Gasteiger partial charge in [0.05, 0.1) is 25.2 Å². The van der Waals surface area contributed by atoms with E-state index in [0.717, 1.165) is 6.42 Å². The molecule has 2 bridgehead atoms. The lowest BCUT2D eigenvalue weighted by atomic mass is 9.59. The summed E-state index contributed by atoms with van der Waals surface area (Å²) in [5, 5.41) is 0. The Morgan fingerprint density at radius 3 is 2.39 bits per heavy atom. The zero-order chi connectivity index (χ0) is 22.7. The molecular weight excluding hydrogens is 400 g/mol. The molecule has 10 atom stereocenters. The number of Topliss-reactive ketones (excluding diaryl/α,β-unsaturated/α-hetero) is 1. The Bertz CT molecular complexity index is 791. The minimum absolute atomic E-state index is 0.0295. The van der Waals surface area contributed by atoms with Crippen LogP contribution in [0.2, 0.25) is 0 Å². The van der Waals surface area contributed by atoms with Crippen LogP contribution in [-0.2, 0) is 33.3 Å². The first-order valence-electron chi connectivity index (χ1n) is 11.4. The first-order valence-corrected chi connectivity index (χ1v) is 11.4. The predicted octanol–water partition coefficient (Wildman–Crippen LogP) is 2.85. The predicted molar refractivity (Wildman–Crippen MR) is 111 cm³/mol. The van der Waals surface area contributed by atoms with E-state index in [9.17, 15) is 14.4 Å². The number of rotatable bonds is 2. The van der Waals surface area contributed by atoms with E-state index in [2.05, 4.69) is 20.4 Å². The topological polar surface area (TPSA) is 88.1 Å². The van der Waals surface area contributed by atoms with Crippen LogP contribution >= 0.6 is 0 Å². The molecule has 172 valence electrons. The second-order valence-electron chi connectivity index (χ2n) is 10.2. The van der Waals surface area contributed by atoms with Gasteiger partial charge in [-0.2, -0.15) is 0 Å². The Balaban J connectivity index is 1.84. The SMILES string of the molecule is C=C1CC2OC3C4C(CC(C)C(OC(C)=O)C24)C(C)COC3(C)C(OC(C)=O)CC1=O. The van der Waals surface area contributed by atoms with Crippen molar-refractivity contribution in [3.8, 4) is 0 Å². The Kier molecular flexibility index (Phi) is 5.80. The molecule has 3 aliphatic heterocycles. The van der Waals surface area contributed by atoms with E-state index in [0.29, 0.717) is 24.5 Å². The number of carbonyl (C=O) groups excluding carboxylic acids is 3. The average Bonchev–Trinajstić information content (AvgIpc) is 3.02. The second-order valence-corrected chi connectivity index (χ2v) is 10.2. The van der Waals surface area contributed by atoms with Gasteiger partial charge in [0, 0.05) is 32.1 Å². The molecule has 0 spiro atoms. The van der Waals surface area contributed by atoms with E-state index < -0.39 is 17.7 Å². The average molecular weight is 435 g/mol. The number of carbonyl (C=O) groups is 3.